The van der Waals surface area contributed by atoms with Gasteiger partial charge in [-0.05, 0) is 25.0 Å². The van der Waals surface area contributed by atoms with E-state index in [9.17, 15) is 19.1 Å². The van der Waals surface area contributed by atoms with Gasteiger partial charge < -0.3 is 20.2 Å². The molecule has 0 saturated carbocycles. The highest BCUT2D eigenvalue weighted by Gasteiger charge is 2.33. The molecule has 1 atom stereocenters. The summed E-state index contributed by atoms with van der Waals surface area (Å²) in [5.41, 5.74) is -0.133. The third kappa shape index (κ3) is 2.58. The number of carbonyl (C=O) groups is 2. The molecule has 3 rings (SSSR count). The van der Waals surface area contributed by atoms with Gasteiger partial charge in [-0.3, -0.25) is 4.79 Å². The van der Waals surface area contributed by atoms with E-state index in [0.717, 1.165) is 12.8 Å². The second-order valence-corrected chi connectivity index (χ2v) is 5.61. The second kappa shape index (κ2) is 5.82. The average molecular weight is 307 g/mol. The lowest BCUT2D eigenvalue weighted by atomic mass is 10.0. The molecule has 2 saturated heterocycles. The van der Waals surface area contributed by atoms with E-state index in [1.54, 1.807) is 9.80 Å². The number of phenols is 1. The first-order valence-corrected chi connectivity index (χ1v) is 7.39. The van der Waals surface area contributed by atoms with Crippen molar-refractivity contribution in [2.24, 2.45) is 0 Å². The molecule has 2 fully saturated rings. The van der Waals surface area contributed by atoms with Gasteiger partial charge in [0.25, 0.3) is 5.91 Å². The molecule has 2 N–H and O–H groups in total. The summed E-state index contributed by atoms with van der Waals surface area (Å²) < 4.78 is 13.9. The number of urea groups is 1. The van der Waals surface area contributed by atoms with Gasteiger partial charge in [-0.2, -0.15) is 0 Å². The number of aromatic hydroxyl groups is 1. The lowest BCUT2D eigenvalue weighted by Crippen LogP contribution is -2.50. The number of rotatable bonds is 2. The van der Waals surface area contributed by atoms with Gasteiger partial charge in [-0.25, -0.2) is 9.18 Å². The summed E-state index contributed by atoms with van der Waals surface area (Å²) in [4.78, 5) is 27.5. The molecule has 3 amide bonds. The molecular formula is C15H18FN3O3. The molecule has 1 aromatic rings. The number of halogens is 1. The summed E-state index contributed by atoms with van der Waals surface area (Å²) in [5.74, 6) is -1.87. The van der Waals surface area contributed by atoms with Crippen molar-refractivity contribution >= 4 is 11.9 Å². The number of likely N-dealkylation sites (tertiary alicyclic amines) is 1. The number of hydrogen-bond acceptors (Lipinski definition) is 3. The highest BCUT2D eigenvalue weighted by Crippen LogP contribution is 2.23. The zero-order valence-electron chi connectivity index (χ0n) is 12.1. The quantitative estimate of drug-likeness (QED) is 0.861. The van der Waals surface area contributed by atoms with Crippen LogP contribution in [0.2, 0.25) is 0 Å². The zero-order chi connectivity index (χ0) is 15.7. The number of benzene rings is 1. The number of nitrogens with one attached hydrogen (secondary N) is 1. The van der Waals surface area contributed by atoms with Crippen molar-refractivity contribution in [2.75, 3.05) is 26.2 Å². The molecule has 0 aromatic heterocycles. The fraction of sp³-hybridized carbons (Fsp3) is 0.467. The lowest BCUT2D eigenvalue weighted by molar-refractivity contribution is 0.0629. The zero-order valence-corrected chi connectivity index (χ0v) is 12.1. The van der Waals surface area contributed by atoms with Crippen LogP contribution in [0.15, 0.2) is 18.2 Å². The third-order valence-corrected chi connectivity index (χ3v) is 4.22. The Labute approximate surface area is 127 Å². The number of piperidine rings is 1. The molecule has 1 unspecified atom stereocenters. The summed E-state index contributed by atoms with van der Waals surface area (Å²) in [6, 6.07) is 3.87. The van der Waals surface area contributed by atoms with Crippen LogP contribution in [-0.2, 0) is 0 Å². The Hall–Kier alpha value is -2.31. The molecule has 0 aliphatic carbocycles. The maximum absolute atomic E-state index is 13.9. The van der Waals surface area contributed by atoms with Crippen molar-refractivity contribution in [3.63, 3.8) is 0 Å². The van der Waals surface area contributed by atoms with Gasteiger partial charge in [-0.15, -0.1) is 0 Å². The minimum atomic E-state index is -0.895. The van der Waals surface area contributed by atoms with Gasteiger partial charge in [0.05, 0.1) is 11.6 Å². The highest BCUT2D eigenvalue weighted by atomic mass is 19.1. The lowest BCUT2D eigenvalue weighted by Gasteiger charge is -2.37. The van der Waals surface area contributed by atoms with Crippen LogP contribution in [0.3, 0.4) is 0 Å². The van der Waals surface area contributed by atoms with E-state index in [0.29, 0.717) is 26.2 Å². The fourth-order valence-electron chi connectivity index (χ4n) is 3.08. The average Bonchev–Trinajstić information content (AvgIpc) is 2.96. The van der Waals surface area contributed by atoms with Gasteiger partial charge in [-0.1, -0.05) is 6.07 Å². The molecule has 6 nitrogen and oxygen atoms in total. The van der Waals surface area contributed by atoms with Crippen LogP contribution >= 0.6 is 0 Å². The molecule has 22 heavy (non-hydrogen) atoms. The molecule has 0 bridgehead atoms. The summed E-state index contributed by atoms with van der Waals surface area (Å²) >= 11 is 0. The number of hydrogen-bond donors (Lipinski definition) is 2. The first-order chi connectivity index (χ1) is 10.6. The first kappa shape index (κ1) is 14.6. The number of nitrogens with zero attached hydrogens (tertiary/aromatic N) is 2. The van der Waals surface area contributed by atoms with Crippen molar-refractivity contribution < 1.29 is 19.1 Å². The largest absolute Gasteiger partial charge is 0.505 e. The Kier molecular flexibility index (Phi) is 3.87. The van der Waals surface area contributed by atoms with E-state index >= 15 is 0 Å². The topological polar surface area (TPSA) is 72.9 Å². The summed E-state index contributed by atoms with van der Waals surface area (Å²) in [7, 11) is 0. The maximum Gasteiger partial charge on any atom is 0.317 e. The van der Waals surface area contributed by atoms with Crippen LogP contribution in [0.1, 0.15) is 23.2 Å². The Bertz CT molecular complexity index is 608. The molecule has 0 radical (unpaired) electrons. The Morgan fingerprint density at radius 2 is 2.18 bits per heavy atom. The van der Waals surface area contributed by atoms with Crippen molar-refractivity contribution in [1.82, 2.24) is 15.1 Å². The number of carbonyl (C=O) groups excluding carboxylic acids is 2. The maximum atomic E-state index is 13.9. The highest BCUT2D eigenvalue weighted by molar-refractivity contribution is 5.95. The fourth-order valence-corrected chi connectivity index (χ4v) is 3.08. The predicted molar refractivity (Wildman–Crippen MR) is 77.1 cm³/mol. The SMILES string of the molecule is O=C(c1cccc(O)c1F)N1CCCC(N2CCNC2=O)C1. The van der Waals surface area contributed by atoms with Crippen molar-refractivity contribution in [3.05, 3.63) is 29.6 Å². The van der Waals surface area contributed by atoms with Gasteiger partial charge in [0, 0.05) is 26.2 Å². The van der Waals surface area contributed by atoms with Crippen LogP contribution in [0.25, 0.3) is 0 Å². The Morgan fingerprint density at radius 3 is 2.91 bits per heavy atom. The molecular weight excluding hydrogens is 289 g/mol. The summed E-state index contributed by atoms with van der Waals surface area (Å²) in [5, 5.41) is 12.1. The molecule has 2 aliphatic heterocycles. The van der Waals surface area contributed by atoms with Crippen molar-refractivity contribution in [3.8, 4) is 5.75 Å². The minimum absolute atomic E-state index is 0.0411. The van der Waals surface area contributed by atoms with E-state index in [-0.39, 0.29) is 17.6 Å². The Morgan fingerprint density at radius 1 is 1.36 bits per heavy atom. The van der Waals surface area contributed by atoms with Crippen LogP contribution < -0.4 is 5.32 Å². The van der Waals surface area contributed by atoms with Crippen molar-refractivity contribution in [1.29, 1.82) is 0 Å². The van der Waals surface area contributed by atoms with Gasteiger partial charge >= 0.3 is 6.03 Å². The van der Waals surface area contributed by atoms with E-state index in [4.69, 9.17) is 0 Å². The number of phenolic OH excluding ortho intramolecular Hbond substituents is 1. The molecule has 2 heterocycles. The molecule has 1 aromatic carbocycles. The van der Waals surface area contributed by atoms with E-state index < -0.39 is 17.5 Å². The van der Waals surface area contributed by atoms with Crippen LogP contribution in [0.4, 0.5) is 9.18 Å². The molecule has 118 valence electrons. The monoisotopic (exact) mass is 307 g/mol. The van der Waals surface area contributed by atoms with Gasteiger partial charge in [0.15, 0.2) is 11.6 Å². The Balaban J connectivity index is 1.75. The third-order valence-electron chi connectivity index (χ3n) is 4.22. The van der Waals surface area contributed by atoms with Crippen LogP contribution in [0, 0.1) is 5.82 Å². The van der Waals surface area contributed by atoms with Crippen molar-refractivity contribution in [2.45, 2.75) is 18.9 Å². The van der Waals surface area contributed by atoms with Gasteiger partial charge in [0.1, 0.15) is 0 Å². The predicted octanol–water partition coefficient (Wildman–Crippen LogP) is 1.16. The normalized spacial score (nSPS) is 21.9. The molecule has 2 aliphatic rings. The van der Waals surface area contributed by atoms with Gasteiger partial charge in [0.2, 0.25) is 0 Å². The second-order valence-electron chi connectivity index (χ2n) is 5.61. The summed E-state index contributed by atoms with van der Waals surface area (Å²) in [6.07, 6.45) is 1.60. The van der Waals surface area contributed by atoms with E-state index in [1.807, 2.05) is 0 Å². The minimum Gasteiger partial charge on any atom is -0.505 e. The standard InChI is InChI=1S/C15H18FN3O3/c16-13-11(4-1-5-12(13)20)14(21)18-7-2-3-10(9-18)19-8-6-17-15(19)22/h1,4-5,10,20H,2-3,6-9H2,(H,17,22). The smallest absolute Gasteiger partial charge is 0.317 e. The number of amides is 3. The first-order valence-electron chi connectivity index (χ1n) is 7.39. The molecule has 0 spiro atoms. The van der Waals surface area contributed by atoms with Crippen LogP contribution in [-0.4, -0.2) is 59.1 Å². The van der Waals surface area contributed by atoms with Crippen LogP contribution in [0.5, 0.6) is 5.75 Å². The van der Waals surface area contributed by atoms with E-state index in [1.165, 1.54) is 18.2 Å². The summed E-state index contributed by atoms with van der Waals surface area (Å²) in [6.45, 7) is 2.16. The van der Waals surface area contributed by atoms with E-state index in [2.05, 4.69) is 5.32 Å². The molecule has 7 heteroatoms.